The van der Waals surface area contributed by atoms with Gasteiger partial charge >= 0.3 is 34.7 Å². The summed E-state index contributed by atoms with van der Waals surface area (Å²) < 4.78 is 51.5. The van der Waals surface area contributed by atoms with Crippen LogP contribution in [0.2, 0.25) is 0 Å². The number of benzene rings is 10. The molecule has 99 heavy (non-hydrogen) atoms. The molecule has 0 saturated heterocycles. The Labute approximate surface area is 558 Å². The van der Waals surface area contributed by atoms with E-state index >= 15 is 0 Å². The maximum Gasteiger partial charge on any atom is 0.420 e. The number of hydrogen-bond acceptors (Lipinski definition) is 17. The maximum atomic E-state index is 13.2. The molecule has 23 nitrogen and oxygen atoms in total. The summed E-state index contributed by atoms with van der Waals surface area (Å²) in [7, 11) is 1.63. The number of carbonyl (C=O) groups is 1. The van der Waals surface area contributed by atoms with Crippen molar-refractivity contribution in [1.82, 2.24) is 22.8 Å². The zero-order valence-electron chi connectivity index (χ0n) is 53.1. The quantitative estimate of drug-likeness (QED) is 0.0624. The Balaban J connectivity index is 0.000000125. The number of aromatic nitrogens is 5. The van der Waals surface area contributed by atoms with Crippen molar-refractivity contribution in [3.05, 3.63) is 321 Å². The lowest BCUT2D eigenvalue weighted by atomic mass is 10.2. The SMILES string of the molecule is COc1cccc(Cn2c(=O)oc3ccc(C)cc32)c1.Cc1ccc2c(c1)oc(=O)n2Cc1cccc(O)c1.O=C(O)c1ccc2oc(=O)n(Cc3cccc(O)c3)c2c1.O=c1oc2ccc(CO)cc2n1Cc1cccc(O)c1.O=c1oc2ccc(F)cc2n1Cc1cccc(O)c1. The molecule has 0 spiro atoms. The van der Waals surface area contributed by atoms with Gasteiger partial charge in [-0.05, 0) is 186 Å². The number of phenols is 4. The number of carboxylic acids is 1. The van der Waals surface area contributed by atoms with Gasteiger partial charge in [0.05, 0.1) is 79.6 Å². The second-order valence-corrected chi connectivity index (χ2v) is 22.8. The molecular weight excluding hydrogens is 1280 g/mol. The lowest BCUT2D eigenvalue weighted by Gasteiger charge is -2.05. The zero-order chi connectivity index (χ0) is 70.0. The van der Waals surface area contributed by atoms with Crippen molar-refractivity contribution >= 4 is 61.5 Å². The van der Waals surface area contributed by atoms with Crippen molar-refractivity contribution in [1.29, 1.82) is 0 Å². The molecule has 5 aromatic heterocycles. The summed E-state index contributed by atoms with van der Waals surface area (Å²) in [4.78, 5) is 70.4. The Morgan fingerprint density at radius 2 is 0.727 bits per heavy atom. The predicted molar refractivity (Wildman–Crippen MR) is 366 cm³/mol. The van der Waals surface area contributed by atoms with E-state index in [1.54, 1.807) is 107 Å². The van der Waals surface area contributed by atoms with Crippen molar-refractivity contribution in [3.63, 3.8) is 0 Å². The second-order valence-electron chi connectivity index (χ2n) is 22.8. The molecule has 0 unspecified atom stereocenters. The maximum absolute atomic E-state index is 13.2. The molecule has 0 aliphatic rings. The van der Waals surface area contributed by atoms with Crippen LogP contribution in [0.15, 0.2) is 258 Å². The number of carboxylic acid groups (broad SMARTS) is 1. The topological polar surface area (TPSA) is 323 Å². The average molecular weight is 1340 g/mol. The normalized spacial score (nSPS) is 11.0. The zero-order valence-corrected chi connectivity index (χ0v) is 53.1. The molecule has 0 aliphatic heterocycles. The second kappa shape index (κ2) is 29.7. The molecule has 0 amide bonds. The number of aromatic hydroxyl groups is 4. The van der Waals surface area contributed by atoms with Crippen LogP contribution in [-0.2, 0) is 39.3 Å². The molecule has 24 heteroatoms. The molecule has 0 bridgehead atoms. The van der Waals surface area contributed by atoms with E-state index in [1.165, 1.54) is 62.2 Å². The third-order valence-corrected chi connectivity index (χ3v) is 15.6. The van der Waals surface area contributed by atoms with Crippen LogP contribution in [0.3, 0.4) is 0 Å². The summed E-state index contributed by atoms with van der Waals surface area (Å²) >= 11 is 0. The van der Waals surface area contributed by atoms with E-state index in [2.05, 4.69) is 0 Å². The number of oxazole rings is 5. The molecule has 0 aliphatic carbocycles. The number of halogens is 1. The van der Waals surface area contributed by atoms with Gasteiger partial charge in [-0.2, -0.15) is 0 Å². The van der Waals surface area contributed by atoms with E-state index in [0.717, 1.165) is 50.2 Å². The Kier molecular flexibility index (Phi) is 20.2. The molecule has 502 valence electrons. The summed E-state index contributed by atoms with van der Waals surface area (Å²) in [5, 5.41) is 55.9. The summed E-state index contributed by atoms with van der Waals surface area (Å²) in [6, 6.07) is 58.9. The standard InChI is InChI=1S/C16H15NO3.C15H11NO5.C15H13NO4.C15H13NO3.C14H10FNO3/c1-11-6-7-15-14(8-11)17(16(18)20-15)10-12-4-3-5-13(9-12)19-2;17-11-3-1-2-9(6-11)8-16-12-7-10(14(18)19)4-5-13(12)21-15(16)20;17-9-11-4-5-14-13(7-11)16(15(19)20-14)8-10-2-1-3-12(18)6-10;1-10-5-6-13-14(7-10)19-15(18)16(13)9-11-3-2-4-12(17)8-11;15-10-4-5-13-12(7-10)16(14(18)19-13)8-9-2-1-3-11(17)6-9/h3-9H,10H2,1-2H3;1-7,17H,8H2,(H,18,19);1-7,17-18H,8-9H2;2-8,17H,9H2,1H3;1-7,17H,8H2. The van der Waals surface area contributed by atoms with Gasteiger partial charge in [-0.25, -0.2) is 33.2 Å². The molecule has 0 radical (unpaired) electrons. The molecular formula is C75H62FN5O18. The molecule has 6 N–H and O–H groups in total. The fourth-order valence-electron chi connectivity index (χ4n) is 10.8. The van der Waals surface area contributed by atoms with Crippen LogP contribution >= 0.6 is 0 Å². The highest BCUT2D eigenvalue weighted by molar-refractivity contribution is 5.92. The lowest BCUT2D eigenvalue weighted by Crippen LogP contribution is -2.15. The molecule has 15 aromatic rings. The van der Waals surface area contributed by atoms with E-state index in [1.807, 2.05) is 86.6 Å². The van der Waals surface area contributed by atoms with Crippen LogP contribution in [0.5, 0.6) is 28.7 Å². The van der Waals surface area contributed by atoms with Gasteiger partial charge in [-0.15, -0.1) is 0 Å². The number of aryl methyl sites for hydroxylation is 2. The fourth-order valence-corrected chi connectivity index (χ4v) is 10.8. The number of aromatic carboxylic acids is 1. The van der Waals surface area contributed by atoms with Crippen molar-refractivity contribution in [3.8, 4) is 28.7 Å². The molecule has 0 saturated carbocycles. The largest absolute Gasteiger partial charge is 0.508 e. The number of hydrogen-bond donors (Lipinski definition) is 6. The van der Waals surface area contributed by atoms with Gasteiger partial charge in [0, 0.05) is 6.07 Å². The first-order chi connectivity index (χ1) is 47.6. The first-order valence-electron chi connectivity index (χ1n) is 30.5. The predicted octanol–water partition coefficient (Wildman–Crippen LogP) is 12.0. The first-order valence-corrected chi connectivity index (χ1v) is 30.5. The smallest absolute Gasteiger partial charge is 0.420 e. The molecule has 15 rings (SSSR count). The van der Waals surface area contributed by atoms with Gasteiger partial charge < -0.3 is 57.5 Å². The number of rotatable bonds is 13. The molecule has 5 heterocycles. The fraction of sp³-hybridized carbons (Fsp3) is 0.120. The summed E-state index contributed by atoms with van der Waals surface area (Å²) in [6.45, 7) is 5.39. The highest BCUT2D eigenvalue weighted by Gasteiger charge is 2.17. The van der Waals surface area contributed by atoms with Crippen LogP contribution in [-0.4, -0.2) is 66.6 Å². The van der Waals surface area contributed by atoms with Gasteiger partial charge in [0.25, 0.3) is 0 Å². The van der Waals surface area contributed by atoms with Crippen LogP contribution in [0, 0.1) is 19.7 Å². The van der Waals surface area contributed by atoms with Crippen molar-refractivity contribution in [2.75, 3.05) is 7.11 Å². The van der Waals surface area contributed by atoms with E-state index in [0.29, 0.717) is 75.2 Å². The summed E-state index contributed by atoms with van der Waals surface area (Å²) in [5.74, 6) is -2.49. The first kappa shape index (κ1) is 67.3. The monoisotopic (exact) mass is 1340 g/mol. The van der Waals surface area contributed by atoms with Crippen molar-refractivity contribution in [2.24, 2.45) is 0 Å². The third kappa shape index (κ3) is 16.2. The minimum Gasteiger partial charge on any atom is -0.508 e. The van der Waals surface area contributed by atoms with Crippen molar-refractivity contribution < 1.29 is 66.6 Å². The van der Waals surface area contributed by atoms with Crippen molar-refractivity contribution in [2.45, 2.75) is 53.2 Å². The number of aliphatic hydroxyl groups is 1. The molecule has 0 atom stereocenters. The van der Waals surface area contributed by atoms with E-state index in [-0.39, 0.29) is 59.8 Å². The minimum atomic E-state index is -1.07. The Hall–Kier alpha value is -13.1. The van der Waals surface area contributed by atoms with Crippen LogP contribution in [0.25, 0.3) is 55.5 Å². The van der Waals surface area contributed by atoms with E-state index in [9.17, 15) is 53.6 Å². The number of methoxy groups -OCH3 is 1. The number of fused-ring (bicyclic) bond motifs is 5. The summed E-state index contributed by atoms with van der Waals surface area (Å²) in [6.07, 6.45) is 0. The number of phenolic OH excluding ortho intramolecular Hbond substituents is 4. The Bertz CT molecular complexity index is 5760. The van der Waals surface area contributed by atoms with E-state index < -0.39 is 29.1 Å². The van der Waals surface area contributed by atoms with Crippen LogP contribution in [0.4, 0.5) is 4.39 Å². The van der Waals surface area contributed by atoms with Gasteiger partial charge in [-0.3, -0.25) is 22.8 Å². The minimum absolute atomic E-state index is 0.0768. The third-order valence-electron chi connectivity index (χ3n) is 15.6. The van der Waals surface area contributed by atoms with Gasteiger partial charge in [-0.1, -0.05) is 78.9 Å². The van der Waals surface area contributed by atoms with E-state index in [4.69, 9.17) is 37.0 Å². The molecule has 0 fully saturated rings. The average Bonchev–Trinajstić information content (AvgIpc) is 1.70. The van der Waals surface area contributed by atoms with Gasteiger partial charge in [0.2, 0.25) is 0 Å². The summed E-state index contributed by atoms with van der Waals surface area (Å²) in [5.41, 5.74) is 12.4. The van der Waals surface area contributed by atoms with Crippen LogP contribution < -0.4 is 33.5 Å². The van der Waals surface area contributed by atoms with Crippen LogP contribution in [0.1, 0.15) is 54.9 Å². The Morgan fingerprint density at radius 1 is 0.374 bits per heavy atom. The number of aliphatic hydroxyl groups excluding tert-OH is 1. The van der Waals surface area contributed by atoms with Gasteiger partial charge in [0.1, 0.15) is 34.6 Å². The highest BCUT2D eigenvalue weighted by atomic mass is 19.1. The highest BCUT2D eigenvalue weighted by Crippen LogP contribution is 2.24. The lowest BCUT2D eigenvalue weighted by molar-refractivity contribution is 0.0697. The number of ether oxygens (including phenoxy) is 1. The number of nitrogens with zero attached hydrogens (tertiary/aromatic N) is 5. The molecule has 10 aromatic carbocycles. The van der Waals surface area contributed by atoms with Gasteiger partial charge in [0.15, 0.2) is 27.9 Å². The Morgan fingerprint density at radius 3 is 1.16 bits per heavy atom.